The first-order chi connectivity index (χ1) is 7.54. The highest BCUT2D eigenvalue weighted by Crippen LogP contribution is 2.15. The number of benzene rings is 1. The maximum absolute atomic E-state index is 11.2. The number of halogens is 1. The van der Waals surface area contributed by atoms with Gasteiger partial charge < -0.3 is 0 Å². The lowest BCUT2D eigenvalue weighted by Crippen LogP contribution is -2.11. The minimum atomic E-state index is -0.0471. The Balaban J connectivity index is 0.00000106. The SMILES string of the molecule is CC.CN=C(C(C)=O)c1cc(C)cc(Cl)c1. The van der Waals surface area contributed by atoms with Crippen molar-refractivity contribution in [2.75, 3.05) is 7.05 Å². The van der Waals surface area contributed by atoms with Gasteiger partial charge in [0.1, 0.15) is 5.71 Å². The van der Waals surface area contributed by atoms with Crippen molar-refractivity contribution in [3.8, 4) is 0 Å². The van der Waals surface area contributed by atoms with Crippen LogP contribution in [-0.4, -0.2) is 18.5 Å². The molecule has 0 fully saturated rings. The van der Waals surface area contributed by atoms with Gasteiger partial charge in [-0.15, -0.1) is 0 Å². The Bertz CT molecular complexity index is 377. The Hall–Kier alpha value is -1.15. The van der Waals surface area contributed by atoms with Crippen LogP contribution >= 0.6 is 11.6 Å². The molecule has 0 aliphatic rings. The van der Waals surface area contributed by atoms with Crippen molar-refractivity contribution in [3.63, 3.8) is 0 Å². The molecule has 0 spiro atoms. The molecule has 0 saturated carbocycles. The van der Waals surface area contributed by atoms with Gasteiger partial charge in [-0.2, -0.15) is 0 Å². The zero-order valence-corrected chi connectivity index (χ0v) is 11.2. The Kier molecular flexibility index (Phi) is 6.66. The third kappa shape index (κ3) is 4.15. The Labute approximate surface area is 102 Å². The third-order valence-electron chi connectivity index (χ3n) is 1.87. The van der Waals surface area contributed by atoms with Crippen molar-refractivity contribution in [1.29, 1.82) is 0 Å². The van der Waals surface area contributed by atoms with Gasteiger partial charge in [0.25, 0.3) is 0 Å². The van der Waals surface area contributed by atoms with E-state index in [4.69, 9.17) is 11.6 Å². The molecule has 0 amide bonds. The van der Waals surface area contributed by atoms with Crippen LogP contribution in [0.3, 0.4) is 0 Å². The topological polar surface area (TPSA) is 29.4 Å². The molecule has 1 aromatic carbocycles. The summed E-state index contributed by atoms with van der Waals surface area (Å²) in [4.78, 5) is 15.2. The number of carbonyl (C=O) groups excluding carboxylic acids is 1. The van der Waals surface area contributed by atoms with Gasteiger partial charge in [-0.25, -0.2) is 0 Å². The van der Waals surface area contributed by atoms with Gasteiger partial charge >= 0.3 is 0 Å². The fourth-order valence-electron chi connectivity index (χ4n) is 1.36. The van der Waals surface area contributed by atoms with E-state index in [1.165, 1.54) is 6.92 Å². The predicted octanol–water partition coefficient (Wildman–Crippen LogP) is 3.68. The van der Waals surface area contributed by atoms with Crippen LogP contribution in [0.2, 0.25) is 5.02 Å². The van der Waals surface area contributed by atoms with Crippen molar-refractivity contribution in [2.45, 2.75) is 27.7 Å². The lowest BCUT2D eigenvalue weighted by atomic mass is 10.0. The summed E-state index contributed by atoms with van der Waals surface area (Å²) in [6.07, 6.45) is 0. The highest BCUT2D eigenvalue weighted by molar-refractivity contribution is 6.45. The Morgan fingerprint density at radius 1 is 1.25 bits per heavy atom. The highest BCUT2D eigenvalue weighted by Gasteiger charge is 2.08. The first kappa shape index (κ1) is 14.8. The summed E-state index contributed by atoms with van der Waals surface area (Å²) in [6.45, 7) is 7.43. The van der Waals surface area contributed by atoms with E-state index >= 15 is 0 Å². The second-order valence-electron chi connectivity index (χ2n) is 3.15. The van der Waals surface area contributed by atoms with Crippen molar-refractivity contribution < 1.29 is 4.79 Å². The van der Waals surface area contributed by atoms with Crippen LogP contribution in [0.15, 0.2) is 23.2 Å². The van der Waals surface area contributed by atoms with Crippen molar-refractivity contribution in [2.24, 2.45) is 4.99 Å². The van der Waals surface area contributed by atoms with E-state index in [2.05, 4.69) is 4.99 Å². The highest BCUT2D eigenvalue weighted by atomic mass is 35.5. The van der Waals surface area contributed by atoms with Gasteiger partial charge in [-0.05, 0) is 30.7 Å². The Morgan fingerprint density at radius 3 is 2.19 bits per heavy atom. The summed E-state index contributed by atoms with van der Waals surface area (Å²) < 4.78 is 0. The fraction of sp³-hybridized carbons (Fsp3) is 0.385. The summed E-state index contributed by atoms with van der Waals surface area (Å²) in [5.41, 5.74) is 2.27. The van der Waals surface area contributed by atoms with Gasteiger partial charge in [-0.1, -0.05) is 25.4 Å². The fourth-order valence-corrected chi connectivity index (χ4v) is 1.65. The molecule has 0 saturated heterocycles. The third-order valence-corrected chi connectivity index (χ3v) is 2.09. The van der Waals surface area contributed by atoms with Crippen LogP contribution < -0.4 is 0 Å². The average Bonchev–Trinajstić information content (AvgIpc) is 2.19. The molecule has 0 aliphatic carbocycles. The number of hydrogen-bond donors (Lipinski definition) is 0. The zero-order chi connectivity index (χ0) is 12.7. The smallest absolute Gasteiger partial charge is 0.178 e. The van der Waals surface area contributed by atoms with E-state index < -0.39 is 0 Å². The largest absolute Gasteiger partial charge is 0.293 e. The first-order valence-electron chi connectivity index (χ1n) is 5.30. The second kappa shape index (κ2) is 7.18. The number of rotatable bonds is 2. The molecule has 1 aromatic rings. The summed E-state index contributed by atoms with van der Waals surface area (Å²) in [5, 5.41) is 0.627. The van der Waals surface area contributed by atoms with Crippen LogP contribution in [0.5, 0.6) is 0 Å². The number of carbonyl (C=O) groups is 1. The molecule has 2 nitrogen and oxygen atoms in total. The molecule has 0 heterocycles. The van der Waals surface area contributed by atoms with Gasteiger partial charge in [0.2, 0.25) is 0 Å². The van der Waals surface area contributed by atoms with E-state index in [0.717, 1.165) is 11.1 Å². The number of hydrogen-bond acceptors (Lipinski definition) is 2. The van der Waals surface area contributed by atoms with Gasteiger partial charge in [0, 0.05) is 24.6 Å². The molecule has 0 bridgehead atoms. The van der Waals surface area contributed by atoms with Crippen LogP contribution in [0.4, 0.5) is 0 Å². The van der Waals surface area contributed by atoms with E-state index in [-0.39, 0.29) is 5.78 Å². The minimum absolute atomic E-state index is 0.0471. The van der Waals surface area contributed by atoms with E-state index in [1.54, 1.807) is 13.1 Å². The lowest BCUT2D eigenvalue weighted by Gasteiger charge is -2.04. The van der Waals surface area contributed by atoms with Gasteiger partial charge in [0.05, 0.1) is 0 Å². The van der Waals surface area contributed by atoms with E-state index in [1.807, 2.05) is 32.9 Å². The molecule has 88 valence electrons. The molecule has 0 unspecified atom stereocenters. The van der Waals surface area contributed by atoms with Crippen LogP contribution in [0.25, 0.3) is 0 Å². The minimum Gasteiger partial charge on any atom is -0.293 e. The van der Waals surface area contributed by atoms with Crippen LogP contribution in [-0.2, 0) is 4.79 Å². The Morgan fingerprint density at radius 2 is 1.81 bits per heavy atom. The average molecular weight is 240 g/mol. The standard InChI is InChI=1S/C11H12ClNO.C2H6/c1-7-4-9(6-10(12)5-7)11(13-3)8(2)14;1-2/h4-6H,1-3H3;1-2H3. The number of nitrogens with zero attached hydrogens (tertiary/aromatic N) is 1. The van der Waals surface area contributed by atoms with Crippen molar-refractivity contribution in [3.05, 3.63) is 34.3 Å². The monoisotopic (exact) mass is 239 g/mol. The summed E-state index contributed by atoms with van der Waals surface area (Å²) in [6, 6.07) is 5.49. The maximum atomic E-state index is 11.2. The van der Waals surface area contributed by atoms with Crippen molar-refractivity contribution in [1.82, 2.24) is 0 Å². The number of aryl methyl sites for hydroxylation is 1. The lowest BCUT2D eigenvalue weighted by molar-refractivity contribution is -0.111. The van der Waals surface area contributed by atoms with E-state index in [9.17, 15) is 4.79 Å². The molecule has 1 rings (SSSR count). The summed E-state index contributed by atoms with van der Waals surface area (Å²) in [5.74, 6) is -0.0471. The molecule has 0 N–H and O–H groups in total. The van der Waals surface area contributed by atoms with Crippen LogP contribution in [0, 0.1) is 6.92 Å². The maximum Gasteiger partial charge on any atom is 0.178 e. The number of aliphatic imine (C=N–C) groups is 1. The molecule has 0 aromatic heterocycles. The summed E-state index contributed by atoms with van der Waals surface area (Å²) >= 11 is 5.89. The predicted molar refractivity (Wildman–Crippen MR) is 70.7 cm³/mol. The van der Waals surface area contributed by atoms with Gasteiger partial charge in [-0.3, -0.25) is 9.79 Å². The molecular formula is C13H18ClNO. The normalized spacial score (nSPS) is 10.5. The second-order valence-corrected chi connectivity index (χ2v) is 3.58. The van der Waals surface area contributed by atoms with Crippen molar-refractivity contribution >= 4 is 23.1 Å². The van der Waals surface area contributed by atoms with Gasteiger partial charge in [0.15, 0.2) is 5.78 Å². The number of ketones is 1. The zero-order valence-electron chi connectivity index (χ0n) is 10.5. The summed E-state index contributed by atoms with van der Waals surface area (Å²) in [7, 11) is 1.60. The molecule has 0 radical (unpaired) electrons. The molecule has 16 heavy (non-hydrogen) atoms. The molecule has 3 heteroatoms. The van der Waals surface area contributed by atoms with Crippen LogP contribution in [0.1, 0.15) is 31.9 Å². The molecule has 0 atom stereocenters. The number of Topliss-reactive ketones (excluding diaryl/α,β-unsaturated/α-hetero) is 1. The quantitative estimate of drug-likeness (QED) is 0.724. The molecule has 0 aliphatic heterocycles. The molecular weight excluding hydrogens is 222 g/mol. The van der Waals surface area contributed by atoms with E-state index in [0.29, 0.717) is 10.7 Å². The first-order valence-corrected chi connectivity index (χ1v) is 5.67.